The summed E-state index contributed by atoms with van der Waals surface area (Å²) in [5.41, 5.74) is 11.3. The highest BCUT2D eigenvalue weighted by atomic mass is 16.5. The summed E-state index contributed by atoms with van der Waals surface area (Å²) in [6.45, 7) is 2.14. The molecule has 38 heavy (non-hydrogen) atoms. The van der Waals surface area contributed by atoms with Crippen molar-refractivity contribution in [3.05, 3.63) is 83.9 Å². The maximum absolute atomic E-state index is 12.4. The smallest absolute Gasteiger partial charge is 0.251 e. The third kappa shape index (κ3) is 4.16. The molecule has 194 valence electrons. The number of nitrogens with one attached hydrogen (secondary N) is 1. The SMILES string of the molecule is C[C@]1(O)C[C@@](N)(c2ccc(-c3nc4n(c3-c3ccccc3)COc3cc(C(=O)NCCO)ccc3-4)cc2)C1. The van der Waals surface area contributed by atoms with Crippen LogP contribution in [-0.4, -0.2) is 44.4 Å². The fraction of sp³-hybridized carbons (Fsp3) is 0.267. The van der Waals surface area contributed by atoms with Crippen molar-refractivity contribution in [2.75, 3.05) is 13.2 Å². The molecule has 2 aliphatic rings. The van der Waals surface area contributed by atoms with Crippen LogP contribution in [-0.2, 0) is 12.3 Å². The monoisotopic (exact) mass is 510 g/mol. The first-order chi connectivity index (χ1) is 18.3. The lowest BCUT2D eigenvalue weighted by Crippen LogP contribution is -2.58. The molecular weight excluding hydrogens is 480 g/mol. The molecule has 0 unspecified atom stereocenters. The summed E-state index contributed by atoms with van der Waals surface area (Å²) in [6.07, 6.45) is 1.06. The van der Waals surface area contributed by atoms with Gasteiger partial charge >= 0.3 is 0 Å². The van der Waals surface area contributed by atoms with Crippen LogP contribution >= 0.6 is 0 Å². The Morgan fingerprint density at radius 2 is 1.82 bits per heavy atom. The number of aromatic nitrogens is 2. The van der Waals surface area contributed by atoms with E-state index in [4.69, 9.17) is 20.6 Å². The van der Waals surface area contributed by atoms with Gasteiger partial charge in [-0.05, 0) is 43.5 Å². The summed E-state index contributed by atoms with van der Waals surface area (Å²) in [6, 6.07) is 23.5. The first-order valence-corrected chi connectivity index (χ1v) is 12.7. The molecule has 8 heteroatoms. The number of rotatable bonds is 6. The summed E-state index contributed by atoms with van der Waals surface area (Å²) in [5, 5.41) is 21.9. The molecule has 8 nitrogen and oxygen atoms in total. The number of hydrogen-bond acceptors (Lipinski definition) is 6. The van der Waals surface area contributed by atoms with E-state index < -0.39 is 11.1 Å². The van der Waals surface area contributed by atoms with Gasteiger partial charge in [0.15, 0.2) is 6.73 Å². The van der Waals surface area contributed by atoms with Gasteiger partial charge in [-0.1, -0.05) is 54.6 Å². The number of benzene rings is 3. The Bertz CT molecular complexity index is 1500. The fourth-order valence-corrected chi connectivity index (χ4v) is 5.72. The minimum atomic E-state index is -0.719. The van der Waals surface area contributed by atoms with E-state index >= 15 is 0 Å². The molecule has 0 atom stereocenters. The van der Waals surface area contributed by atoms with Gasteiger partial charge in [-0.3, -0.25) is 9.36 Å². The number of fused-ring (bicyclic) bond motifs is 3. The van der Waals surface area contributed by atoms with Gasteiger partial charge in [0.2, 0.25) is 0 Å². The molecule has 1 aliphatic carbocycles. The van der Waals surface area contributed by atoms with Crippen molar-refractivity contribution in [3.8, 4) is 39.7 Å². The number of imidazole rings is 1. The molecule has 1 aliphatic heterocycles. The molecule has 0 bridgehead atoms. The zero-order valence-corrected chi connectivity index (χ0v) is 21.1. The lowest BCUT2D eigenvalue weighted by atomic mass is 9.63. The topological polar surface area (TPSA) is 123 Å². The molecule has 1 saturated carbocycles. The van der Waals surface area contributed by atoms with Gasteiger partial charge in [0.05, 0.1) is 29.2 Å². The lowest BCUT2D eigenvalue weighted by Gasteiger charge is -2.49. The second kappa shape index (κ2) is 9.09. The van der Waals surface area contributed by atoms with Crippen molar-refractivity contribution in [1.29, 1.82) is 0 Å². The zero-order valence-electron chi connectivity index (χ0n) is 21.1. The molecule has 4 aromatic rings. The van der Waals surface area contributed by atoms with Crippen LogP contribution in [0.25, 0.3) is 33.9 Å². The van der Waals surface area contributed by atoms with Crippen molar-refractivity contribution in [2.45, 2.75) is 37.6 Å². The fourth-order valence-electron chi connectivity index (χ4n) is 5.72. The van der Waals surface area contributed by atoms with E-state index in [0.29, 0.717) is 24.2 Å². The minimum Gasteiger partial charge on any atom is -0.472 e. The molecule has 3 aromatic carbocycles. The van der Waals surface area contributed by atoms with Crippen LogP contribution in [0.4, 0.5) is 0 Å². The Morgan fingerprint density at radius 3 is 2.50 bits per heavy atom. The number of aliphatic hydroxyl groups excluding tert-OH is 1. The van der Waals surface area contributed by atoms with Gasteiger partial charge in [-0.25, -0.2) is 4.98 Å². The van der Waals surface area contributed by atoms with Gasteiger partial charge < -0.3 is 26.0 Å². The Balaban J connectivity index is 1.41. The summed E-state index contributed by atoms with van der Waals surface area (Å²) in [7, 11) is 0. The highest BCUT2D eigenvalue weighted by Gasteiger charge is 2.49. The van der Waals surface area contributed by atoms with Gasteiger partial charge in [0.25, 0.3) is 5.91 Å². The van der Waals surface area contributed by atoms with E-state index in [1.807, 2.05) is 55.5 Å². The Kier molecular flexibility index (Phi) is 5.83. The van der Waals surface area contributed by atoms with E-state index in [1.54, 1.807) is 12.1 Å². The number of aliphatic hydroxyl groups is 2. The van der Waals surface area contributed by atoms with Gasteiger partial charge in [0, 0.05) is 28.8 Å². The highest BCUT2D eigenvalue weighted by molar-refractivity contribution is 5.95. The normalized spacial score (nSPS) is 21.6. The molecule has 1 aromatic heterocycles. The zero-order chi connectivity index (χ0) is 26.5. The number of hydrogen-bond donors (Lipinski definition) is 4. The van der Waals surface area contributed by atoms with Crippen molar-refractivity contribution >= 4 is 5.91 Å². The van der Waals surface area contributed by atoms with Crippen LogP contribution in [0.2, 0.25) is 0 Å². The average Bonchev–Trinajstić information content (AvgIpc) is 3.31. The average molecular weight is 511 g/mol. The third-order valence-electron chi connectivity index (χ3n) is 7.37. The van der Waals surface area contributed by atoms with Crippen LogP contribution in [0.15, 0.2) is 72.8 Å². The molecule has 6 rings (SSSR count). The Labute approximate surface area is 220 Å². The quantitative estimate of drug-likeness (QED) is 0.314. The Morgan fingerprint density at radius 1 is 1.08 bits per heavy atom. The van der Waals surface area contributed by atoms with Crippen molar-refractivity contribution in [1.82, 2.24) is 14.9 Å². The summed E-state index contributed by atoms with van der Waals surface area (Å²) < 4.78 is 8.17. The standard InChI is InChI=1S/C30H30N4O4/c1-29(37)16-30(31,17-29)22-10-7-19(8-11-22)25-26(20-5-3-2-4-6-20)34-18-38-24-15-21(28(36)32-13-14-35)9-12-23(24)27(34)33-25/h2-12,15,35,37H,13-14,16-18,31H2,1H3,(H,32,36)/t29-,30-. The molecule has 1 fully saturated rings. The Hall–Kier alpha value is -3.98. The van der Waals surface area contributed by atoms with Crippen LogP contribution < -0.4 is 15.8 Å². The van der Waals surface area contributed by atoms with E-state index in [0.717, 1.165) is 39.5 Å². The molecule has 0 radical (unpaired) electrons. The number of nitrogens with zero attached hydrogens (tertiary/aromatic N) is 2. The van der Waals surface area contributed by atoms with Gasteiger partial charge in [-0.15, -0.1) is 0 Å². The molecule has 5 N–H and O–H groups in total. The van der Waals surface area contributed by atoms with E-state index in [9.17, 15) is 9.90 Å². The summed E-state index contributed by atoms with van der Waals surface area (Å²) in [5.74, 6) is 1.08. The maximum Gasteiger partial charge on any atom is 0.251 e. The highest BCUT2D eigenvalue weighted by Crippen LogP contribution is 2.47. The second-order valence-corrected chi connectivity index (χ2v) is 10.5. The number of ether oxygens (including phenoxy) is 1. The predicted molar refractivity (Wildman–Crippen MR) is 144 cm³/mol. The third-order valence-corrected chi connectivity index (χ3v) is 7.37. The second-order valence-electron chi connectivity index (χ2n) is 10.5. The van der Waals surface area contributed by atoms with Crippen LogP contribution in [0.1, 0.15) is 35.7 Å². The van der Waals surface area contributed by atoms with Gasteiger partial charge in [0.1, 0.15) is 11.6 Å². The van der Waals surface area contributed by atoms with Gasteiger partial charge in [-0.2, -0.15) is 0 Å². The van der Waals surface area contributed by atoms with Crippen molar-refractivity contribution in [3.63, 3.8) is 0 Å². The van der Waals surface area contributed by atoms with E-state index in [1.165, 1.54) is 0 Å². The van der Waals surface area contributed by atoms with Crippen LogP contribution in [0, 0.1) is 0 Å². The lowest BCUT2D eigenvalue weighted by molar-refractivity contribution is -0.0738. The largest absolute Gasteiger partial charge is 0.472 e. The van der Waals surface area contributed by atoms with Crippen LogP contribution in [0.3, 0.4) is 0 Å². The number of nitrogens with two attached hydrogens (primary N) is 1. The number of carbonyl (C=O) groups excluding carboxylic acids is 1. The maximum atomic E-state index is 12.4. The summed E-state index contributed by atoms with van der Waals surface area (Å²) in [4.78, 5) is 17.5. The van der Waals surface area contributed by atoms with E-state index in [2.05, 4.69) is 22.0 Å². The first kappa shape index (κ1) is 24.4. The molecule has 1 amide bonds. The predicted octanol–water partition coefficient (Wildman–Crippen LogP) is 3.65. The van der Waals surface area contributed by atoms with Crippen molar-refractivity contribution in [2.24, 2.45) is 5.73 Å². The molecular formula is C30H30N4O4. The van der Waals surface area contributed by atoms with Crippen LogP contribution in [0.5, 0.6) is 5.75 Å². The van der Waals surface area contributed by atoms with Crippen molar-refractivity contribution < 1.29 is 19.7 Å². The number of carbonyl (C=O) groups is 1. The number of amides is 1. The molecule has 2 heterocycles. The molecule has 0 spiro atoms. The minimum absolute atomic E-state index is 0.121. The van der Waals surface area contributed by atoms with E-state index in [-0.39, 0.29) is 25.8 Å². The first-order valence-electron chi connectivity index (χ1n) is 12.7. The summed E-state index contributed by atoms with van der Waals surface area (Å²) >= 11 is 0. The molecule has 0 saturated heterocycles.